The number of fused-ring (bicyclic) bond motifs is 3. The Balaban J connectivity index is 1.02. The van der Waals surface area contributed by atoms with Crippen LogP contribution in [-0.2, 0) is 25.7 Å². The highest BCUT2D eigenvalue weighted by atomic mass is 32.2. The van der Waals surface area contributed by atoms with E-state index >= 15 is 0 Å². The lowest BCUT2D eigenvalue weighted by Crippen LogP contribution is -1.94. The van der Waals surface area contributed by atoms with Crippen LogP contribution in [0.4, 0.5) is 0 Å². The Morgan fingerprint density at radius 3 is 1.03 bits per heavy atom. The lowest BCUT2D eigenvalue weighted by Gasteiger charge is -2.08. The first-order valence-electron chi connectivity index (χ1n) is 22.1. The molecule has 0 spiro atoms. The predicted octanol–water partition coefficient (Wildman–Crippen LogP) is 19.1. The van der Waals surface area contributed by atoms with Crippen LogP contribution in [0, 0.1) is 0 Å². The monoisotopic (exact) mass is 960 g/mol. The number of thiophene rings is 6. The molecule has 8 heterocycles. The molecule has 8 aromatic heterocycles. The second-order valence-corrected chi connectivity index (χ2v) is 24.1. The van der Waals surface area contributed by atoms with Crippen LogP contribution in [0.2, 0.25) is 0 Å². The molecule has 9 rings (SSSR count). The van der Waals surface area contributed by atoms with Gasteiger partial charge in [0.05, 0.1) is 19.5 Å². The highest BCUT2D eigenvalue weighted by Crippen LogP contribution is 2.50. The summed E-state index contributed by atoms with van der Waals surface area (Å²) >= 11 is 20.7. The molecule has 0 fully saturated rings. The second-order valence-electron chi connectivity index (χ2n) is 16.1. The number of thiol groups is 2. The number of nitrogens with zero attached hydrogens (tertiary/aromatic N) is 2. The number of pyridine rings is 2. The molecule has 2 nitrogen and oxygen atoms in total. The van der Waals surface area contributed by atoms with Gasteiger partial charge in [-0.15, -0.1) is 93.3 Å². The van der Waals surface area contributed by atoms with Gasteiger partial charge in [-0.25, -0.2) is 0 Å². The summed E-state index contributed by atoms with van der Waals surface area (Å²) in [6.45, 7) is 9.20. The third-order valence-corrected chi connectivity index (χ3v) is 19.9. The van der Waals surface area contributed by atoms with E-state index in [0.29, 0.717) is 0 Å². The molecule has 1 aromatic carbocycles. The molecule has 0 amide bonds. The van der Waals surface area contributed by atoms with Crippen molar-refractivity contribution in [3.8, 4) is 59.9 Å². The average molecular weight is 962 g/mol. The fourth-order valence-electron chi connectivity index (χ4n) is 8.46. The van der Waals surface area contributed by atoms with E-state index in [1.165, 1.54) is 100 Å². The van der Waals surface area contributed by atoms with Crippen LogP contribution in [0.3, 0.4) is 0 Å². The van der Waals surface area contributed by atoms with Crippen molar-refractivity contribution in [3.63, 3.8) is 0 Å². The van der Waals surface area contributed by atoms with Crippen molar-refractivity contribution < 1.29 is 0 Å². The molecule has 62 heavy (non-hydrogen) atoms. The Kier molecular flexibility index (Phi) is 14.2. The highest BCUT2D eigenvalue weighted by molar-refractivity contribution is 7.83. The number of benzene rings is 1. The SMILES string of the molecule is CCCCc1c(-c2ccc(S)s2)sc(-c2ccc(-c3cnc4c(ccc5cc(-c6ccc(-c7sc(-c8ccc(S)s8)c(CCCC)c7CCCC)s6)cnc54)c3)s2)c1CCCC. The summed E-state index contributed by atoms with van der Waals surface area (Å²) in [6, 6.07) is 27.1. The maximum Gasteiger partial charge on any atom is 0.0965 e. The summed E-state index contributed by atoms with van der Waals surface area (Å²) < 4.78 is 2.15. The maximum atomic E-state index is 5.10. The van der Waals surface area contributed by atoms with Crippen LogP contribution in [0.25, 0.3) is 81.7 Å². The summed E-state index contributed by atoms with van der Waals surface area (Å²) in [4.78, 5) is 23.9. The number of hydrogen-bond acceptors (Lipinski definition) is 10. The standard InChI is InChI=1S/C52H52N2S8/c1-5-9-13-35-37(15-11-7-3)51(43-23-25-45(55)59-43)61-49(35)41-21-19-39(57-41)33-27-31-17-18-32-28-34(30-54-48(32)47(31)53-29-33)40-20-22-42(58-40)50-36(14-10-6-2)38(16-12-8-4)52(62-50)44-24-26-46(56)60-44/h17-30,55-56H,5-16H2,1-4H3. The van der Waals surface area contributed by atoms with Crippen molar-refractivity contribution in [2.75, 3.05) is 0 Å². The van der Waals surface area contributed by atoms with Crippen molar-refractivity contribution in [2.45, 2.75) is 113 Å². The summed E-state index contributed by atoms with van der Waals surface area (Å²) in [5.74, 6) is 0. The number of unbranched alkanes of at least 4 members (excludes halogenated alkanes) is 4. The predicted molar refractivity (Wildman–Crippen MR) is 286 cm³/mol. The summed E-state index contributed by atoms with van der Waals surface area (Å²) in [5, 5.41) is 2.24. The minimum absolute atomic E-state index is 0.954. The van der Waals surface area contributed by atoms with Gasteiger partial charge in [-0.05, 0) is 134 Å². The zero-order valence-electron chi connectivity index (χ0n) is 35.8. The Morgan fingerprint density at radius 2 is 0.710 bits per heavy atom. The van der Waals surface area contributed by atoms with Gasteiger partial charge in [-0.1, -0.05) is 65.5 Å². The van der Waals surface area contributed by atoms with Crippen LogP contribution in [0.15, 0.2) is 93.6 Å². The lowest BCUT2D eigenvalue weighted by atomic mass is 9.97. The summed E-state index contributed by atoms with van der Waals surface area (Å²) in [5.41, 5.74) is 10.5. The lowest BCUT2D eigenvalue weighted by molar-refractivity contribution is 0.764. The van der Waals surface area contributed by atoms with E-state index in [0.717, 1.165) is 67.0 Å². The fourth-order valence-corrected chi connectivity index (χ4v) is 16.0. The third kappa shape index (κ3) is 9.10. The summed E-state index contributed by atoms with van der Waals surface area (Å²) in [7, 11) is 0. The Hall–Kier alpha value is -3.06. The summed E-state index contributed by atoms with van der Waals surface area (Å²) in [6.07, 6.45) is 18.3. The zero-order valence-corrected chi connectivity index (χ0v) is 42.5. The fraction of sp³-hybridized carbons (Fsp3) is 0.308. The van der Waals surface area contributed by atoms with Crippen LogP contribution < -0.4 is 0 Å². The van der Waals surface area contributed by atoms with Crippen molar-refractivity contribution in [2.24, 2.45) is 0 Å². The maximum absolute atomic E-state index is 5.10. The van der Waals surface area contributed by atoms with Crippen LogP contribution >= 0.6 is 93.3 Å². The topological polar surface area (TPSA) is 25.8 Å². The molecule has 0 N–H and O–H groups in total. The van der Waals surface area contributed by atoms with Gasteiger partial charge in [-0.3, -0.25) is 9.97 Å². The van der Waals surface area contributed by atoms with Gasteiger partial charge in [0.2, 0.25) is 0 Å². The second kappa shape index (κ2) is 20.0. The molecule has 0 bridgehead atoms. The van der Waals surface area contributed by atoms with Crippen LogP contribution in [0.5, 0.6) is 0 Å². The number of rotatable bonds is 18. The van der Waals surface area contributed by atoms with Gasteiger partial charge in [0, 0.05) is 83.1 Å². The average Bonchev–Trinajstić information content (AvgIpc) is 4.16. The zero-order chi connectivity index (χ0) is 42.7. The molecule has 0 aliphatic heterocycles. The molecule has 0 saturated carbocycles. The molecule has 0 aliphatic carbocycles. The minimum atomic E-state index is 0.954. The smallest absolute Gasteiger partial charge is 0.0965 e. The van der Waals surface area contributed by atoms with E-state index in [1.54, 1.807) is 44.9 Å². The third-order valence-electron chi connectivity index (χ3n) is 11.7. The van der Waals surface area contributed by atoms with Crippen molar-refractivity contribution in [3.05, 3.63) is 107 Å². The van der Waals surface area contributed by atoms with Crippen LogP contribution in [-0.4, -0.2) is 9.97 Å². The van der Waals surface area contributed by atoms with Crippen molar-refractivity contribution in [1.29, 1.82) is 0 Å². The first kappa shape index (κ1) is 44.2. The van der Waals surface area contributed by atoms with Crippen molar-refractivity contribution >= 4 is 115 Å². The minimum Gasteiger partial charge on any atom is -0.253 e. The normalized spacial score (nSPS) is 11.8. The van der Waals surface area contributed by atoms with E-state index in [-0.39, 0.29) is 0 Å². The van der Waals surface area contributed by atoms with Gasteiger partial charge in [0.1, 0.15) is 0 Å². The first-order chi connectivity index (χ1) is 30.4. The molecule has 0 radical (unpaired) electrons. The van der Waals surface area contributed by atoms with Gasteiger partial charge in [0.15, 0.2) is 0 Å². The quantitative estimate of drug-likeness (QED) is 0.0662. The van der Waals surface area contributed by atoms with E-state index in [2.05, 4.69) is 138 Å². The number of hydrogen-bond donors (Lipinski definition) is 2. The van der Waals surface area contributed by atoms with Gasteiger partial charge in [0.25, 0.3) is 0 Å². The largest absolute Gasteiger partial charge is 0.253 e. The van der Waals surface area contributed by atoms with Crippen LogP contribution in [0.1, 0.15) is 101 Å². The molecular weight excluding hydrogens is 909 g/mol. The molecule has 0 atom stereocenters. The van der Waals surface area contributed by atoms with E-state index in [4.69, 9.17) is 9.97 Å². The molecule has 9 aromatic rings. The molecule has 0 unspecified atom stereocenters. The first-order valence-corrected chi connectivity index (χ1v) is 27.9. The Labute approximate surface area is 402 Å². The van der Waals surface area contributed by atoms with Gasteiger partial charge in [-0.2, -0.15) is 0 Å². The van der Waals surface area contributed by atoms with E-state index in [9.17, 15) is 0 Å². The molecule has 318 valence electrons. The van der Waals surface area contributed by atoms with Crippen molar-refractivity contribution in [1.82, 2.24) is 9.97 Å². The highest BCUT2D eigenvalue weighted by Gasteiger charge is 2.24. The van der Waals surface area contributed by atoms with Gasteiger partial charge < -0.3 is 0 Å². The molecule has 10 heteroatoms. The molecular formula is C52H52N2S8. The van der Waals surface area contributed by atoms with Gasteiger partial charge >= 0.3 is 0 Å². The molecule has 0 aliphatic rings. The van der Waals surface area contributed by atoms with E-state index in [1.807, 2.05) is 45.3 Å². The Bertz CT molecular complexity index is 2770. The van der Waals surface area contributed by atoms with E-state index < -0.39 is 0 Å². The Morgan fingerprint density at radius 1 is 0.387 bits per heavy atom. The molecule has 0 saturated heterocycles. The number of aromatic nitrogens is 2.